The molecule has 0 saturated carbocycles. The van der Waals surface area contributed by atoms with Gasteiger partial charge in [0.15, 0.2) is 0 Å². The Labute approximate surface area is 83.2 Å². The van der Waals surface area contributed by atoms with Crippen LogP contribution in [-0.4, -0.2) is 11.0 Å². The lowest BCUT2D eigenvalue weighted by Crippen LogP contribution is -2.15. The predicted octanol–water partition coefficient (Wildman–Crippen LogP) is 1.88. The number of nitrogens with zero attached hydrogens (tertiary/aromatic N) is 1. The first kappa shape index (κ1) is 9.98. The molecule has 0 aliphatic carbocycles. The summed E-state index contributed by atoms with van der Waals surface area (Å²) in [5.74, 6) is -0.383. The van der Waals surface area contributed by atoms with Crippen molar-refractivity contribution in [3.05, 3.63) is 34.1 Å². The van der Waals surface area contributed by atoms with E-state index in [1.54, 1.807) is 12.1 Å². The number of rotatable bonds is 2. The fourth-order valence-corrected chi connectivity index (χ4v) is 1.32. The van der Waals surface area contributed by atoms with Crippen molar-refractivity contribution in [1.29, 1.82) is 0 Å². The monoisotopic (exact) mass is 246 g/mol. The molecule has 1 aromatic rings. The van der Waals surface area contributed by atoms with Crippen LogP contribution in [0.2, 0.25) is 0 Å². The van der Waals surface area contributed by atoms with E-state index in [1.165, 1.54) is 6.07 Å². The van der Waals surface area contributed by atoms with E-state index in [2.05, 4.69) is 21.1 Å². The number of hydrogen-bond donors (Lipinski definition) is 2. The Hall–Kier alpha value is -1.10. The highest BCUT2D eigenvalue weighted by molar-refractivity contribution is 9.10. The maximum Gasteiger partial charge on any atom is 0.143 e. The van der Waals surface area contributed by atoms with Crippen LogP contribution in [0.5, 0.6) is 0 Å². The standard InChI is InChI=1S/C8H8BrFN2O/c9-6-1-2-7(10)5(3-6)4-8(11)12-13/h1-3,13H,4H2,(H2,11,12). The van der Waals surface area contributed by atoms with Crippen molar-refractivity contribution < 1.29 is 9.60 Å². The molecule has 0 bridgehead atoms. The summed E-state index contributed by atoms with van der Waals surface area (Å²) in [7, 11) is 0. The van der Waals surface area contributed by atoms with Gasteiger partial charge in [0.25, 0.3) is 0 Å². The molecule has 0 amide bonds. The van der Waals surface area contributed by atoms with Gasteiger partial charge in [-0.05, 0) is 23.8 Å². The minimum Gasteiger partial charge on any atom is -0.409 e. The van der Waals surface area contributed by atoms with Crippen molar-refractivity contribution in [2.45, 2.75) is 6.42 Å². The molecule has 1 aromatic carbocycles. The fraction of sp³-hybridized carbons (Fsp3) is 0.125. The second kappa shape index (κ2) is 4.23. The van der Waals surface area contributed by atoms with Crippen molar-refractivity contribution in [1.82, 2.24) is 0 Å². The summed E-state index contributed by atoms with van der Waals surface area (Å²) in [6, 6.07) is 4.50. The van der Waals surface area contributed by atoms with Crippen molar-refractivity contribution >= 4 is 21.8 Å². The normalized spacial score (nSPS) is 11.7. The number of oxime groups is 1. The van der Waals surface area contributed by atoms with Crippen LogP contribution in [0.15, 0.2) is 27.8 Å². The molecule has 0 saturated heterocycles. The quantitative estimate of drug-likeness (QED) is 0.363. The van der Waals surface area contributed by atoms with Crippen molar-refractivity contribution in [2.75, 3.05) is 0 Å². The summed E-state index contributed by atoms with van der Waals surface area (Å²) in [6.45, 7) is 0. The van der Waals surface area contributed by atoms with Gasteiger partial charge in [-0.15, -0.1) is 0 Å². The number of benzene rings is 1. The third kappa shape index (κ3) is 2.69. The first-order chi connectivity index (χ1) is 6.13. The minimum atomic E-state index is -0.366. The molecule has 1 rings (SSSR count). The van der Waals surface area contributed by atoms with Gasteiger partial charge in [0.05, 0.1) is 0 Å². The molecular formula is C8H8BrFN2O. The topological polar surface area (TPSA) is 58.6 Å². The Balaban J connectivity index is 2.94. The average Bonchev–Trinajstić information content (AvgIpc) is 2.11. The summed E-state index contributed by atoms with van der Waals surface area (Å²) in [5, 5.41) is 11.1. The fourth-order valence-electron chi connectivity index (χ4n) is 0.909. The first-order valence-electron chi connectivity index (χ1n) is 3.54. The zero-order valence-corrected chi connectivity index (χ0v) is 8.25. The zero-order chi connectivity index (χ0) is 9.84. The van der Waals surface area contributed by atoms with Crippen LogP contribution in [0.25, 0.3) is 0 Å². The lowest BCUT2D eigenvalue weighted by molar-refractivity contribution is 0.317. The van der Waals surface area contributed by atoms with Gasteiger partial charge in [-0.1, -0.05) is 21.1 Å². The van der Waals surface area contributed by atoms with Crippen LogP contribution >= 0.6 is 15.9 Å². The molecule has 0 heterocycles. The van der Waals surface area contributed by atoms with Gasteiger partial charge in [-0.25, -0.2) is 4.39 Å². The van der Waals surface area contributed by atoms with Crippen molar-refractivity contribution in [2.24, 2.45) is 10.9 Å². The van der Waals surface area contributed by atoms with Crippen LogP contribution in [0.1, 0.15) is 5.56 Å². The summed E-state index contributed by atoms with van der Waals surface area (Å²) >= 11 is 3.20. The summed E-state index contributed by atoms with van der Waals surface area (Å²) in [6.07, 6.45) is 0.0990. The number of nitrogens with two attached hydrogens (primary N) is 1. The van der Waals surface area contributed by atoms with Crippen LogP contribution in [0, 0.1) is 5.82 Å². The summed E-state index contributed by atoms with van der Waals surface area (Å²) < 4.78 is 13.8. The van der Waals surface area contributed by atoms with Gasteiger partial charge < -0.3 is 10.9 Å². The molecule has 3 nitrogen and oxygen atoms in total. The largest absolute Gasteiger partial charge is 0.409 e. The van der Waals surface area contributed by atoms with E-state index >= 15 is 0 Å². The van der Waals surface area contributed by atoms with Gasteiger partial charge in [0.2, 0.25) is 0 Å². The zero-order valence-electron chi connectivity index (χ0n) is 6.67. The lowest BCUT2D eigenvalue weighted by atomic mass is 10.1. The third-order valence-electron chi connectivity index (χ3n) is 1.51. The van der Waals surface area contributed by atoms with Gasteiger partial charge in [0.1, 0.15) is 11.7 Å². The first-order valence-corrected chi connectivity index (χ1v) is 4.33. The van der Waals surface area contributed by atoms with Crippen LogP contribution in [0.4, 0.5) is 4.39 Å². The van der Waals surface area contributed by atoms with E-state index in [0.29, 0.717) is 5.56 Å². The molecule has 3 N–H and O–H groups in total. The maximum absolute atomic E-state index is 13.1. The van der Waals surface area contributed by atoms with E-state index in [-0.39, 0.29) is 18.1 Å². The predicted molar refractivity (Wildman–Crippen MR) is 51.2 cm³/mol. The van der Waals surface area contributed by atoms with Gasteiger partial charge in [0, 0.05) is 10.9 Å². The highest BCUT2D eigenvalue weighted by atomic mass is 79.9. The van der Waals surface area contributed by atoms with Gasteiger partial charge in [-0.3, -0.25) is 0 Å². The van der Waals surface area contributed by atoms with Crippen molar-refractivity contribution in [3.63, 3.8) is 0 Å². The second-order valence-electron chi connectivity index (χ2n) is 2.50. The molecule has 13 heavy (non-hydrogen) atoms. The van der Waals surface area contributed by atoms with Crippen molar-refractivity contribution in [3.8, 4) is 0 Å². The Morgan fingerprint density at radius 2 is 2.31 bits per heavy atom. The SMILES string of the molecule is N/C(Cc1cc(Br)ccc1F)=N\O. The molecular weight excluding hydrogens is 239 g/mol. The molecule has 0 aliphatic heterocycles. The minimum absolute atomic E-state index is 0.0167. The molecule has 70 valence electrons. The van der Waals surface area contributed by atoms with E-state index in [1.807, 2.05) is 0 Å². The Morgan fingerprint density at radius 3 is 2.92 bits per heavy atom. The molecule has 0 aromatic heterocycles. The molecule has 0 aliphatic rings. The number of amidine groups is 1. The van der Waals surface area contributed by atoms with Gasteiger partial charge in [-0.2, -0.15) is 0 Å². The van der Waals surface area contributed by atoms with E-state index in [9.17, 15) is 4.39 Å². The third-order valence-corrected chi connectivity index (χ3v) is 2.00. The molecule has 0 spiro atoms. The molecule has 0 atom stereocenters. The maximum atomic E-state index is 13.1. The van der Waals surface area contributed by atoms with Crippen LogP contribution < -0.4 is 5.73 Å². The Kier molecular flexibility index (Phi) is 3.25. The average molecular weight is 247 g/mol. The number of halogens is 2. The van der Waals surface area contributed by atoms with E-state index in [0.717, 1.165) is 4.47 Å². The molecule has 0 unspecified atom stereocenters. The smallest absolute Gasteiger partial charge is 0.143 e. The Morgan fingerprint density at radius 1 is 1.62 bits per heavy atom. The van der Waals surface area contributed by atoms with E-state index in [4.69, 9.17) is 10.9 Å². The summed E-state index contributed by atoms with van der Waals surface area (Å²) in [4.78, 5) is 0. The molecule has 5 heteroatoms. The van der Waals surface area contributed by atoms with Crippen LogP contribution in [-0.2, 0) is 6.42 Å². The van der Waals surface area contributed by atoms with Gasteiger partial charge >= 0.3 is 0 Å². The highest BCUT2D eigenvalue weighted by Crippen LogP contribution is 2.15. The Bertz CT molecular complexity index is 341. The molecule has 0 fully saturated rings. The lowest BCUT2D eigenvalue weighted by Gasteiger charge is -2.01. The number of hydrogen-bond acceptors (Lipinski definition) is 2. The summed E-state index contributed by atoms with van der Waals surface area (Å²) in [5.41, 5.74) is 5.64. The van der Waals surface area contributed by atoms with E-state index < -0.39 is 0 Å². The molecule has 0 radical (unpaired) electrons. The van der Waals surface area contributed by atoms with Crippen LogP contribution in [0.3, 0.4) is 0 Å². The highest BCUT2D eigenvalue weighted by Gasteiger charge is 2.04. The second-order valence-corrected chi connectivity index (χ2v) is 3.42.